The van der Waals surface area contributed by atoms with Crippen molar-refractivity contribution in [3.05, 3.63) is 5.21 Å². The topological polar surface area (TPSA) is 60.0 Å². The summed E-state index contributed by atoms with van der Waals surface area (Å²) in [5.74, 6) is -1.43. The summed E-state index contributed by atoms with van der Waals surface area (Å²) in [6, 6.07) is 0. The first-order valence-electron chi connectivity index (χ1n) is 4.88. The maximum atomic E-state index is 12.4. The summed E-state index contributed by atoms with van der Waals surface area (Å²) in [6.45, 7) is 0.290. The van der Waals surface area contributed by atoms with E-state index in [1.165, 1.54) is 28.4 Å². The molecule has 0 aromatic heterocycles. The van der Waals surface area contributed by atoms with Gasteiger partial charge in [0, 0.05) is 27.8 Å². The first-order valence-corrected chi connectivity index (χ1v) is 4.88. The Kier molecular flexibility index (Phi) is 4.05. The van der Waals surface area contributed by atoms with Crippen LogP contribution in [0.4, 0.5) is 0 Å². The van der Waals surface area contributed by atoms with Gasteiger partial charge in [0.05, 0.1) is 7.11 Å². The van der Waals surface area contributed by atoms with Gasteiger partial charge in [0.1, 0.15) is 6.54 Å². The maximum Gasteiger partial charge on any atom is 0.376 e. The van der Waals surface area contributed by atoms with E-state index in [0.717, 1.165) is 0 Å². The van der Waals surface area contributed by atoms with Crippen molar-refractivity contribution in [2.45, 2.75) is 24.9 Å². The third-order valence-corrected chi connectivity index (χ3v) is 2.96. The molecule has 1 saturated heterocycles. The average molecular weight is 221 g/mol. The molecule has 15 heavy (non-hydrogen) atoms. The van der Waals surface area contributed by atoms with Crippen LogP contribution in [0.1, 0.15) is 12.8 Å². The van der Waals surface area contributed by atoms with E-state index >= 15 is 0 Å². The monoisotopic (exact) mass is 221 g/mol. The molecule has 0 amide bonds. The van der Waals surface area contributed by atoms with Crippen LogP contribution in [0.5, 0.6) is 0 Å². The summed E-state index contributed by atoms with van der Waals surface area (Å²) in [6.07, 6.45) is 0.993. The van der Waals surface area contributed by atoms with Crippen molar-refractivity contribution < 1.29 is 23.9 Å². The predicted octanol–water partition coefficient (Wildman–Crippen LogP) is 0.618. The van der Waals surface area contributed by atoms with Crippen LogP contribution in [0.2, 0.25) is 0 Å². The Morgan fingerprint density at radius 2 is 1.80 bits per heavy atom. The number of methoxy groups -OCH3 is 3. The summed E-state index contributed by atoms with van der Waals surface area (Å²) < 4.78 is 15.7. The molecule has 2 unspecified atom stereocenters. The van der Waals surface area contributed by atoms with Gasteiger partial charge in [-0.15, -0.1) is 0 Å². The highest BCUT2D eigenvalue weighted by molar-refractivity contribution is 4.76. The first-order chi connectivity index (χ1) is 7.10. The molecule has 1 fully saturated rings. The fraction of sp³-hybridized carbons (Fsp3) is 1.00. The van der Waals surface area contributed by atoms with Crippen molar-refractivity contribution in [1.29, 1.82) is 0 Å². The largest absolute Gasteiger partial charge is 0.594 e. The molecule has 0 bridgehead atoms. The maximum absolute atomic E-state index is 12.4. The van der Waals surface area contributed by atoms with Crippen molar-refractivity contribution >= 4 is 0 Å². The van der Waals surface area contributed by atoms with Crippen LogP contribution in [0.3, 0.4) is 0 Å². The van der Waals surface area contributed by atoms with Gasteiger partial charge < -0.3 is 19.4 Å². The Balaban J connectivity index is 3.05. The van der Waals surface area contributed by atoms with Crippen molar-refractivity contribution in [2.75, 3.05) is 35.0 Å². The molecule has 1 heterocycles. The van der Waals surface area contributed by atoms with Crippen LogP contribution in [-0.4, -0.2) is 51.8 Å². The molecule has 0 aromatic carbocycles. The van der Waals surface area contributed by atoms with Gasteiger partial charge in [-0.05, 0) is 6.42 Å². The lowest BCUT2D eigenvalue weighted by Gasteiger charge is -2.54. The number of ether oxygens (including phenoxy) is 3. The van der Waals surface area contributed by atoms with Crippen LogP contribution >= 0.6 is 0 Å². The minimum atomic E-state index is -1.43. The Morgan fingerprint density at radius 3 is 2.20 bits per heavy atom. The molecule has 0 radical (unpaired) electrons. The van der Waals surface area contributed by atoms with Gasteiger partial charge in [-0.2, -0.15) is 4.81 Å². The smallest absolute Gasteiger partial charge is 0.376 e. The van der Waals surface area contributed by atoms with E-state index in [1.807, 2.05) is 0 Å². The molecule has 2 atom stereocenters. The van der Waals surface area contributed by atoms with E-state index in [9.17, 15) is 5.21 Å². The number of rotatable bonds is 4. The van der Waals surface area contributed by atoms with Gasteiger partial charge in [-0.3, -0.25) is 0 Å². The van der Waals surface area contributed by atoms with Gasteiger partial charge in [0.25, 0.3) is 0 Å². The van der Waals surface area contributed by atoms with Crippen molar-refractivity contribution in [3.63, 3.8) is 0 Å². The van der Waals surface area contributed by atoms with Crippen molar-refractivity contribution in [1.82, 2.24) is 0 Å². The lowest BCUT2D eigenvalue weighted by Crippen LogP contribution is -2.71. The van der Waals surface area contributed by atoms with E-state index in [4.69, 9.17) is 19.0 Å². The molecular weight excluding hydrogens is 202 g/mol. The molecule has 1 aliphatic heterocycles. The number of hydrogen-bond donors (Lipinski definition) is 0. The lowest BCUT2D eigenvalue weighted by molar-refractivity contribution is -1.14. The van der Waals surface area contributed by atoms with Gasteiger partial charge in [-0.1, -0.05) is 0 Å². The highest BCUT2D eigenvalue weighted by Crippen LogP contribution is 2.37. The van der Waals surface area contributed by atoms with Gasteiger partial charge in [0.2, 0.25) is 0 Å². The number of hydroxylamine groups is 4. The van der Waals surface area contributed by atoms with Gasteiger partial charge >= 0.3 is 5.91 Å². The van der Waals surface area contributed by atoms with Gasteiger partial charge in [0.15, 0.2) is 6.10 Å². The van der Waals surface area contributed by atoms with Crippen LogP contribution in [-0.2, 0) is 19.0 Å². The number of hydrogen-bond acceptors (Lipinski definition) is 5. The second-order valence-electron chi connectivity index (χ2n) is 3.49. The Hall–Kier alpha value is -0.240. The number of quaternary nitrogens is 1. The summed E-state index contributed by atoms with van der Waals surface area (Å²) in [5, 5.41) is 12.4. The Morgan fingerprint density at radius 1 is 1.20 bits per heavy atom. The molecule has 6 nitrogen and oxygen atoms in total. The molecule has 1 rings (SSSR count). The van der Waals surface area contributed by atoms with Crippen LogP contribution < -0.4 is 0 Å². The fourth-order valence-corrected chi connectivity index (χ4v) is 2.15. The molecule has 90 valence electrons. The summed E-state index contributed by atoms with van der Waals surface area (Å²) in [5.41, 5.74) is 0. The highest BCUT2D eigenvalue weighted by Gasteiger charge is 2.58. The SMILES string of the molecule is COC1CCC[N+]([O-])(OC)C1(OC)OC. The van der Waals surface area contributed by atoms with Crippen LogP contribution in [0.15, 0.2) is 0 Å². The Bertz CT molecular complexity index is 209. The van der Waals surface area contributed by atoms with Gasteiger partial charge in [-0.25, -0.2) is 4.84 Å². The zero-order valence-corrected chi connectivity index (χ0v) is 9.69. The molecule has 0 aromatic rings. The minimum absolute atomic E-state index is 0.290. The molecule has 0 N–H and O–H groups in total. The predicted molar refractivity (Wildman–Crippen MR) is 52.3 cm³/mol. The highest BCUT2D eigenvalue weighted by atomic mass is 17.0. The molecule has 6 heteroatoms. The zero-order valence-electron chi connectivity index (χ0n) is 9.69. The minimum Gasteiger partial charge on any atom is -0.594 e. The van der Waals surface area contributed by atoms with E-state index in [0.29, 0.717) is 12.8 Å². The molecule has 1 aliphatic rings. The molecule has 0 saturated carbocycles. The third kappa shape index (κ3) is 1.77. The molecular formula is C9H19NO5. The standard InChI is InChI=1S/C9H19NO5/c1-12-8-6-5-7-10(11,15-4)9(8,13-2)14-3/h8H,5-7H2,1-4H3. The van der Waals surface area contributed by atoms with Crippen molar-refractivity contribution in [2.24, 2.45) is 0 Å². The molecule has 0 aliphatic carbocycles. The Labute approximate surface area is 89.8 Å². The third-order valence-electron chi connectivity index (χ3n) is 2.96. The first kappa shape index (κ1) is 12.8. The van der Waals surface area contributed by atoms with E-state index < -0.39 is 16.8 Å². The average Bonchev–Trinajstić information content (AvgIpc) is 2.28. The summed E-state index contributed by atoms with van der Waals surface area (Å²) in [4.78, 5) is 3.96. The summed E-state index contributed by atoms with van der Waals surface area (Å²) >= 11 is 0. The normalized spacial score (nSPS) is 35.4. The van der Waals surface area contributed by atoms with E-state index in [-0.39, 0.29) is 6.54 Å². The van der Waals surface area contributed by atoms with Crippen molar-refractivity contribution in [3.8, 4) is 0 Å². The summed E-state index contributed by atoms with van der Waals surface area (Å²) in [7, 11) is 5.72. The second kappa shape index (κ2) is 4.73. The van der Waals surface area contributed by atoms with E-state index in [2.05, 4.69) is 0 Å². The second-order valence-corrected chi connectivity index (χ2v) is 3.49. The van der Waals surface area contributed by atoms with Crippen LogP contribution in [0, 0.1) is 5.21 Å². The van der Waals surface area contributed by atoms with E-state index in [1.54, 1.807) is 0 Å². The van der Waals surface area contributed by atoms with Crippen LogP contribution in [0.25, 0.3) is 0 Å². The number of nitrogens with zero attached hydrogens (tertiary/aromatic N) is 1. The number of piperidine rings is 1. The fourth-order valence-electron chi connectivity index (χ4n) is 2.15. The lowest BCUT2D eigenvalue weighted by atomic mass is 10.0. The molecule has 0 spiro atoms. The quantitative estimate of drug-likeness (QED) is 0.395. The zero-order chi connectivity index (χ0) is 11.5.